The maximum Gasteiger partial charge on any atom is 0.254 e. The second-order valence-corrected chi connectivity index (χ2v) is 7.56. The van der Waals surface area contributed by atoms with Crippen LogP contribution in [0.15, 0.2) is 46.8 Å². The van der Waals surface area contributed by atoms with Gasteiger partial charge in [-0.1, -0.05) is 0 Å². The van der Waals surface area contributed by atoms with Crippen molar-refractivity contribution in [2.45, 2.75) is 19.3 Å². The highest BCUT2D eigenvalue weighted by Gasteiger charge is 2.29. The molecule has 0 radical (unpaired) electrons. The van der Waals surface area contributed by atoms with Crippen molar-refractivity contribution in [1.82, 2.24) is 19.9 Å². The molecule has 1 aliphatic heterocycles. The summed E-state index contributed by atoms with van der Waals surface area (Å²) in [4.78, 5) is 39.2. The molecule has 1 fully saturated rings. The van der Waals surface area contributed by atoms with Gasteiger partial charge in [-0.05, 0) is 31.5 Å². The minimum absolute atomic E-state index is 0.0502. The molecule has 132 valence electrons. The fourth-order valence-corrected chi connectivity index (χ4v) is 3.93. The smallest absolute Gasteiger partial charge is 0.254 e. The van der Waals surface area contributed by atoms with Crippen molar-refractivity contribution < 1.29 is 4.79 Å². The van der Waals surface area contributed by atoms with Gasteiger partial charge in [0.1, 0.15) is 5.82 Å². The van der Waals surface area contributed by atoms with Crippen molar-refractivity contribution in [3.8, 4) is 11.4 Å². The summed E-state index contributed by atoms with van der Waals surface area (Å²) in [7, 11) is 0. The number of carbonyl (C=O) groups is 1. The summed E-state index contributed by atoms with van der Waals surface area (Å²) in [6.07, 6.45) is 4.15. The number of aromatic amines is 1. The van der Waals surface area contributed by atoms with Crippen molar-refractivity contribution in [3.05, 3.63) is 68.5 Å². The van der Waals surface area contributed by atoms with E-state index in [4.69, 9.17) is 0 Å². The summed E-state index contributed by atoms with van der Waals surface area (Å²) >= 11 is 1.58. The van der Waals surface area contributed by atoms with Gasteiger partial charge in [-0.2, -0.15) is 0 Å². The largest absolute Gasteiger partial charge is 0.338 e. The zero-order valence-electron chi connectivity index (χ0n) is 14.3. The first-order chi connectivity index (χ1) is 12.6. The fourth-order valence-electron chi connectivity index (χ4n) is 3.25. The number of carbonyl (C=O) groups excluding carboxylic acids is 1. The van der Waals surface area contributed by atoms with Crippen molar-refractivity contribution in [1.29, 1.82) is 0 Å². The molecule has 1 N–H and O–H groups in total. The van der Waals surface area contributed by atoms with Gasteiger partial charge in [-0.3, -0.25) is 14.6 Å². The number of nitrogens with one attached hydrogen (secondary N) is 1. The number of pyridine rings is 1. The predicted molar refractivity (Wildman–Crippen MR) is 100 cm³/mol. The highest BCUT2D eigenvalue weighted by molar-refractivity contribution is 7.10. The first-order valence-electron chi connectivity index (χ1n) is 8.46. The Morgan fingerprint density at radius 1 is 1.38 bits per heavy atom. The van der Waals surface area contributed by atoms with Crippen LogP contribution in [0.4, 0.5) is 0 Å². The zero-order chi connectivity index (χ0) is 18.1. The molecule has 0 bridgehead atoms. The van der Waals surface area contributed by atoms with Crippen LogP contribution in [0.1, 0.15) is 33.3 Å². The van der Waals surface area contributed by atoms with Crippen LogP contribution in [-0.4, -0.2) is 38.8 Å². The molecule has 1 aliphatic rings. The van der Waals surface area contributed by atoms with E-state index < -0.39 is 0 Å². The number of likely N-dealkylation sites (tertiary alicyclic amines) is 1. The van der Waals surface area contributed by atoms with Crippen LogP contribution in [0.2, 0.25) is 0 Å². The number of amides is 1. The molecule has 1 saturated heterocycles. The van der Waals surface area contributed by atoms with Crippen molar-refractivity contribution >= 4 is 17.2 Å². The maximum atomic E-state index is 12.6. The van der Waals surface area contributed by atoms with Crippen LogP contribution in [0, 0.1) is 6.92 Å². The van der Waals surface area contributed by atoms with E-state index in [1.165, 1.54) is 6.07 Å². The molecule has 1 amide bonds. The standard InChI is InChI=1S/C19H18N4O2S/c1-12-7-15(11-26-12)19(25)23-6-4-14(10-23)16-8-17(24)22-18(21-16)13-3-2-5-20-9-13/h2-3,5,7-9,11,14H,4,6,10H2,1H3,(H,21,22,24). The topological polar surface area (TPSA) is 79.0 Å². The predicted octanol–water partition coefficient (Wildman–Crippen LogP) is 2.83. The van der Waals surface area contributed by atoms with Crippen LogP contribution in [0.25, 0.3) is 11.4 Å². The van der Waals surface area contributed by atoms with Gasteiger partial charge < -0.3 is 9.88 Å². The van der Waals surface area contributed by atoms with E-state index in [-0.39, 0.29) is 17.4 Å². The lowest BCUT2D eigenvalue weighted by Gasteiger charge is -2.16. The molecule has 26 heavy (non-hydrogen) atoms. The Hall–Kier alpha value is -2.80. The number of hydrogen-bond donors (Lipinski definition) is 1. The van der Waals surface area contributed by atoms with Gasteiger partial charge in [0.15, 0.2) is 0 Å². The molecule has 1 unspecified atom stereocenters. The van der Waals surface area contributed by atoms with E-state index in [0.717, 1.165) is 28.1 Å². The Balaban J connectivity index is 1.56. The maximum absolute atomic E-state index is 12.6. The van der Waals surface area contributed by atoms with Gasteiger partial charge in [0, 0.05) is 53.3 Å². The van der Waals surface area contributed by atoms with E-state index in [0.29, 0.717) is 18.9 Å². The Kier molecular flexibility index (Phi) is 4.38. The van der Waals surface area contributed by atoms with Gasteiger partial charge in [0.05, 0.1) is 11.3 Å². The minimum atomic E-state index is -0.188. The molecule has 0 aliphatic carbocycles. The zero-order valence-corrected chi connectivity index (χ0v) is 15.1. The monoisotopic (exact) mass is 366 g/mol. The molecule has 3 aromatic heterocycles. The molecule has 1 atom stereocenters. The second-order valence-electron chi connectivity index (χ2n) is 6.44. The van der Waals surface area contributed by atoms with Crippen LogP contribution in [-0.2, 0) is 0 Å². The van der Waals surface area contributed by atoms with E-state index in [1.54, 1.807) is 29.8 Å². The third-order valence-electron chi connectivity index (χ3n) is 4.57. The molecule has 4 rings (SSSR count). The summed E-state index contributed by atoms with van der Waals surface area (Å²) in [5.74, 6) is 0.629. The third kappa shape index (κ3) is 3.30. The normalized spacial score (nSPS) is 16.8. The summed E-state index contributed by atoms with van der Waals surface area (Å²) in [6, 6.07) is 7.12. The number of nitrogens with zero attached hydrogens (tertiary/aromatic N) is 3. The number of rotatable bonds is 3. The van der Waals surface area contributed by atoms with Crippen molar-refractivity contribution in [2.75, 3.05) is 13.1 Å². The van der Waals surface area contributed by atoms with Gasteiger partial charge in [-0.25, -0.2) is 4.98 Å². The Bertz CT molecular complexity index is 996. The van der Waals surface area contributed by atoms with E-state index >= 15 is 0 Å². The highest BCUT2D eigenvalue weighted by atomic mass is 32.1. The average Bonchev–Trinajstić information content (AvgIpc) is 3.31. The third-order valence-corrected chi connectivity index (χ3v) is 5.43. The average molecular weight is 366 g/mol. The van der Waals surface area contributed by atoms with Gasteiger partial charge in [0.2, 0.25) is 0 Å². The van der Waals surface area contributed by atoms with E-state index in [2.05, 4.69) is 15.0 Å². The lowest BCUT2D eigenvalue weighted by atomic mass is 10.0. The van der Waals surface area contributed by atoms with Crippen LogP contribution < -0.4 is 5.56 Å². The fraction of sp³-hybridized carbons (Fsp3) is 0.263. The van der Waals surface area contributed by atoms with Gasteiger partial charge in [0.25, 0.3) is 11.5 Å². The SMILES string of the molecule is Cc1cc(C(=O)N2CCC(c3cc(=O)[nH]c(-c4cccnc4)n3)C2)cs1. The van der Waals surface area contributed by atoms with Crippen molar-refractivity contribution in [3.63, 3.8) is 0 Å². The summed E-state index contributed by atoms with van der Waals surface area (Å²) in [5, 5.41) is 1.90. The van der Waals surface area contributed by atoms with Crippen molar-refractivity contribution in [2.24, 2.45) is 0 Å². The van der Waals surface area contributed by atoms with E-state index in [1.807, 2.05) is 29.3 Å². The van der Waals surface area contributed by atoms with Crippen LogP contribution >= 0.6 is 11.3 Å². The quantitative estimate of drug-likeness (QED) is 0.773. The van der Waals surface area contributed by atoms with Gasteiger partial charge in [-0.15, -0.1) is 11.3 Å². The lowest BCUT2D eigenvalue weighted by molar-refractivity contribution is 0.0791. The molecule has 3 aromatic rings. The Labute approximate surface area is 154 Å². The first-order valence-corrected chi connectivity index (χ1v) is 9.34. The number of hydrogen-bond acceptors (Lipinski definition) is 5. The lowest BCUT2D eigenvalue weighted by Crippen LogP contribution is -2.28. The Morgan fingerprint density at radius 2 is 2.27 bits per heavy atom. The molecule has 4 heterocycles. The molecule has 0 aromatic carbocycles. The summed E-state index contributed by atoms with van der Waals surface area (Å²) in [5.41, 5.74) is 2.05. The molecule has 7 heteroatoms. The Morgan fingerprint density at radius 3 is 3.00 bits per heavy atom. The summed E-state index contributed by atoms with van der Waals surface area (Å²) < 4.78 is 0. The van der Waals surface area contributed by atoms with Crippen LogP contribution in [0.5, 0.6) is 0 Å². The second kappa shape index (κ2) is 6.84. The molecule has 0 saturated carbocycles. The molecular formula is C19H18N4O2S. The minimum Gasteiger partial charge on any atom is -0.338 e. The van der Waals surface area contributed by atoms with Crippen LogP contribution in [0.3, 0.4) is 0 Å². The molecular weight excluding hydrogens is 348 g/mol. The van der Waals surface area contributed by atoms with Gasteiger partial charge >= 0.3 is 0 Å². The highest BCUT2D eigenvalue weighted by Crippen LogP contribution is 2.28. The molecule has 6 nitrogen and oxygen atoms in total. The summed E-state index contributed by atoms with van der Waals surface area (Å²) in [6.45, 7) is 3.25. The number of thiophene rings is 1. The number of aryl methyl sites for hydroxylation is 1. The molecule has 0 spiro atoms. The first kappa shape index (κ1) is 16.7. The number of H-pyrrole nitrogens is 1. The van der Waals surface area contributed by atoms with E-state index in [9.17, 15) is 9.59 Å². The number of aromatic nitrogens is 3.